The summed E-state index contributed by atoms with van der Waals surface area (Å²) in [5.74, 6) is 1.64. The number of nitrogens with zero attached hydrogens (tertiary/aromatic N) is 1. The van der Waals surface area contributed by atoms with Crippen LogP contribution >= 0.6 is 0 Å². The Morgan fingerprint density at radius 1 is 1.22 bits per heavy atom. The van der Waals surface area contributed by atoms with Crippen molar-refractivity contribution in [2.45, 2.75) is 40.0 Å². The van der Waals surface area contributed by atoms with Crippen molar-refractivity contribution in [2.24, 2.45) is 0 Å². The summed E-state index contributed by atoms with van der Waals surface area (Å²) < 4.78 is 10.8. The van der Waals surface area contributed by atoms with E-state index in [1.54, 1.807) is 13.1 Å². The fraction of sp³-hybridized carbons (Fsp3) is 0.368. The predicted octanol–water partition coefficient (Wildman–Crippen LogP) is 4.26. The van der Waals surface area contributed by atoms with Crippen molar-refractivity contribution in [3.8, 4) is 11.5 Å². The topological polar surface area (TPSA) is 48.4 Å². The molecule has 2 aromatic rings. The van der Waals surface area contributed by atoms with Gasteiger partial charge in [0.1, 0.15) is 5.78 Å². The third-order valence-corrected chi connectivity index (χ3v) is 3.71. The van der Waals surface area contributed by atoms with E-state index in [0.717, 1.165) is 28.3 Å². The van der Waals surface area contributed by atoms with Gasteiger partial charge in [-0.3, -0.25) is 9.78 Å². The Morgan fingerprint density at radius 3 is 2.65 bits per heavy atom. The lowest BCUT2D eigenvalue weighted by Gasteiger charge is -2.18. The zero-order valence-corrected chi connectivity index (χ0v) is 14.1. The van der Waals surface area contributed by atoms with Crippen LogP contribution in [0, 0.1) is 6.92 Å². The molecule has 1 aliphatic rings. The maximum Gasteiger partial charge on any atom is 0.231 e. The quantitative estimate of drug-likeness (QED) is 0.846. The van der Waals surface area contributed by atoms with Crippen molar-refractivity contribution in [2.75, 3.05) is 6.79 Å². The molecule has 0 saturated carbocycles. The van der Waals surface area contributed by atoms with Gasteiger partial charge in [-0.05, 0) is 43.2 Å². The summed E-state index contributed by atoms with van der Waals surface area (Å²) in [6.45, 7) is 7.84. The molecule has 0 saturated heterocycles. The highest BCUT2D eigenvalue weighted by Crippen LogP contribution is 2.38. The average molecular weight is 313 g/mol. The Balaban J connectivity index is 0.000000924. The van der Waals surface area contributed by atoms with E-state index in [0.29, 0.717) is 6.42 Å². The number of aryl methyl sites for hydroxylation is 1. The van der Waals surface area contributed by atoms with E-state index in [1.165, 1.54) is 0 Å². The van der Waals surface area contributed by atoms with Gasteiger partial charge in [0.15, 0.2) is 11.5 Å². The molecule has 3 rings (SSSR count). The molecule has 122 valence electrons. The number of hydrogen-bond donors (Lipinski definition) is 0. The number of ether oxygens (including phenoxy) is 2. The van der Waals surface area contributed by atoms with E-state index in [1.807, 2.05) is 51.1 Å². The minimum atomic E-state index is -0.00861. The molecule has 4 heteroatoms. The van der Waals surface area contributed by atoms with Gasteiger partial charge in [0.25, 0.3) is 0 Å². The van der Waals surface area contributed by atoms with E-state index in [2.05, 4.69) is 4.98 Å². The van der Waals surface area contributed by atoms with Crippen LogP contribution in [0.1, 0.15) is 49.9 Å². The van der Waals surface area contributed by atoms with E-state index in [4.69, 9.17) is 9.47 Å². The second-order valence-electron chi connectivity index (χ2n) is 5.25. The minimum Gasteiger partial charge on any atom is -0.454 e. The molecule has 0 radical (unpaired) electrons. The Kier molecular flexibility index (Phi) is 5.74. The highest BCUT2D eigenvalue weighted by Gasteiger charge is 2.22. The van der Waals surface area contributed by atoms with Crippen LogP contribution in [0.5, 0.6) is 11.5 Å². The molecule has 0 spiro atoms. The van der Waals surface area contributed by atoms with Crippen LogP contribution in [0.2, 0.25) is 0 Å². The van der Waals surface area contributed by atoms with Crippen molar-refractivity contribution in [3.63, 3.8) is 0 Å². The highest BCUT2D eigenvalue weighted by atomic mass is 16.7. The Bertz CT molecular complexity index is 682. The van der Waals surface area contributed by atoms with Crippen LogP contribution < -0.4 is 9.47 Å². The summed E-state index contributed by atoms with van der Waals surface area (Å²) >= 11 is 0. The van der Waals surface area contributed by atoms with Crippen molar-refractivity contribution >= 4 is 5.78 Å². The molecule has 0 bridgehead atoms. The predicted molar refractivity (Wildman–Crippen MR) is 90.0 cm³/mol. The molecular weight excluding hydrogens is 290 g/mol. The summed E-state index contributed by atoms with van der Waals surface area (Å²) in [6, 6.07) is 9.79. The molecule has 0 aliphatic carbocycles. The fourth-order valence-electron chi connectivity index (χ4n) is 2.69. The molecule has 1 atom stereocenters. The van der Waals surface area contributed by atoms with Crippen LogP contribution in [0.25, 0.3) is 0 Å². The van der Waals surface area contributed by atoms with Gasteiger partial charge in [0.05, 0.1) is 0 Å². The van der Waals surface area contributed by atoms with Gasteiger partial charge in [-0.15, -0.1) is 0 Å². The van der Waals surface area contributed by atoms with Gasteiger partial charge < -0.3 is 9.47 Å². The summed E-state index contributed by atoms with van der Waals surface area (Å²) in [6.07, 6.45) is 2.22. The lowest BCUT2D eigenvalue weighted by atomic mass is 9.86. The third-order valence-electron chi connectivity index (χ3n) is 3.71. The Hall–Kier alpha value is -2.36. The molecule has 4 nitrogen and oxygen atoms in total. The number of rotatable bonds is 4. The first-order valence-corrected chi connectivity index (χ1v) is 7.95. The average Bonchev–Trinajstić information content (AvgIpc) is 3.02. The van der Waals surface area contributed by atoms with Gasteiger partial charge in [0, 0.05) is 24.2 Å². The molecular formula is C19H23NO3. The Labute approximate surface area is 137 Å². The van der Waals surface area contributed by atoms with Gasteiger partial charge in [-0.25, -0.2) is 0 Å². The smallest absolute Gasteiger partial charge is 0.231 e. The number of carbonyl (C=O) groups excluding carboxylic acids is 1. The number of aromatic nitrogens is 1. The Morgan fingerprint density at radius 2 is 1.96 bits per heavy atom. The largest absolute Gasteiger partial charge is 0.454 e. The number of carbonyl (C=O) groups is 1. The maximum atomic E-state index is 11.7. The van der Waals surface area contributed by atoms with E-state index < -0.39 is 0 Å². The van der Waals surface area contributed by atoms with Gasteiger partial charge in [-0.2, -0.15) is 0 Å². The van der Waals surface area contributed by atoms with Crippen molar-refractivity contribution in [3.05, 3.63) is 53.3 Å². The van der Waals surface area contributed by atoms with E-state index in [9.17, 15) is 4.79 Å². The van der Waals surface area contributed by atoms with E-state index >= 15 is 0 Å². The van der Waals surface area contributed by atoms with Gasteiger partial charge in [0.2, 0.25) is 6.79 Å². The summed E-state index contributed by atoms with van der Waals surface area (Å²) in [4.78, 5) is 16.0. The zero-order valence-electron chi connectivity index (χ0n) is 14.1. The summed E-state index contributed by atoms with van der Waals surface area (Å²) in [7, 11) is 0. The maximum absolute atomic E-state index is 11.7. The summed E-state index contributed by atoms with van der Waals surface area (Å²) in [5, 5.41) is 0. The molecule has 0 unspecified atom stereocenters. The SMILES string of the molecule is CC.CC(=O)C[C@@H](c1ccc2c(c1)OCO2)c1cccnc1C. The molecule has 1 aromatic heterocycles. The van der Waals surface area contributed by atoms with Gasteiger partial charge in [-0.1, -0.05) is 26.0 Å². The number of Topliss-reactive ketones (excluding diaryl/α,β-unsaturated/α-hetero) is 1. The molecule has 1 aromatic carbocycles. The van der Waals surface area contributed by atoms with Crippen LogP contribution in [0.15, 0.2) is 36.5 Å². The van der Waals surface area contributed by atoms with Crippen LogP contribution in [-0.2, 0) is 4.79 Å². The lowest BCUT2D eigenvalue weighted by molar-refractivity contribution is -0.117. The first kappa shape index (κ1) is 17.0. The second-order valence-corrected chi connectivity index (χ2v) is 5.25. The second kappa shape index (κ2) is 7.77. The molecule has 2 heterocycles. The standard InChI is InChI=1S/C17H17NO3.C2H6/c1-11(19)8-15(14-4-3-7-18-12(14)2)13-5-6-16-17(9-13)21-10-20-16;1-2/h3-7,9,15H,8,10H2,1-2H3;1-2H3/t15-;/m0./s1. The molecule has 0 amide bonds. The van der Waals surface area contributed by atoms with Crippen LogP contribution in [0.3, 0.4) is 0 Å². The monoisotopic (exact) mass is 313 g/mol. The van der Waals surface area contributed by atoms with Crippen molar-refractivity contribution in [1.29, 1.82) is 0 Å². The molecule has 23 heavy (non-hydrogen) atoms. The number of benzene rings is 1. The number of ketones is 1. The van der Waals surface area contributed by atoms with Gasteiger partial charge >= 0.3 is 0 Å². The highest BCUT2D eigenvalue weighted by molar-refractivity contribution is 5.77. The van der Waals surface area contributed by atoms with Crippen LogP contribution in [0.4, 0.5) is 0 Å². The first-order chi connectivity index (χ1) is 11.1. The minimum absolute atomic E-state index is 0.00861. The number of fused-ring (bicyclic) bond motifs is 1. The number of pyridine rings is 1. The number of hydrogen-bond acceptors (Lipinski definition) is 4. The van der Waals surface area contributed by atoms with E-state index in [-0.39, 0.29) is 18.5 Å². The lowest BCUT2D eigenvalue weighted by Crippen LogP contribution is -2.08. The normalized spacial score (nSPS) is 13.0. The fourth-order valence-corrected chi connectivity index (χ4v) is 2.69. The molecule has 0 N–H and O–H groups in total. The first-order valence-electron chi connectivity index (χ1n) is 7.95. The van der Waals surface area contributed by atoms with Crippen molar-refractivity contribution in [1.82, 2.24) is 4.98 Å². The summed E-state index contributed by atoms with van der Waals surface area (Å²) in [5.41, 5.74) is 3.07. The molecule has 0 fully saturated rings. The van der Waals surface area contributed by atoms with Crippen LogP contribution in [-0.4, -0.2) is 17.6 Å². The third kappa shape index (κ3) is 3.89. The zero-order chi connectivity index (χ0) is 16.8. The van der Waals surface area contributed by atoms with Crippen molar-refractivity contribution < 1.29 is 14.3 Å². The molecule has 1 aliphatic heterocycles.